The van der Waals surface area contributed by atoms with Crippen LogP contribution in [0.4, 0.5) is 0 Å². The molecule has 1 rings (SSSR count). The van der Waals surface area contributed by atoms with Gasteiger partial charge in [0.05, 0.1) is 9.23 Å². The van der Waals surface area contributed by atoms with Crippen LogP contribution in [0.25, 0.3) is 0 Å². The molecule has 0 bridgehead atoms. The minimum Gasteiger partial charge on any atom is -0.370 e. The van der Waals surface area contributed by atoms with Gasteiger partial charge in [-0.05, 0) is 37.8 Å². The standard InChI is InChI=1S/C6H13NO.C5H12N2O.C4H3ClS2/c1-5(2)3-4-6(7)8;6-4-2-1-3-5(7)8;5-3-1-4(6)7-2-3/h5H,3-4H2,1-2H3,(H2,7,8);1-4,6H2,(H2,7,8);1-2,6H. The SMILES string of the molecule is CC(C)CCC(N)=O.NCCCCC(N)=O.Sc1cc(Cl)cs1. The molecule has 2 amide bonds. The van der Waals surface area contributed by atoms with Gasteiger partial charge in [0.1, 0.15) is 0 Å². The highest BCUT2D eigenvalue weighted by molar-refractivity contribution is 7.82. The number of nitrogens with two attached hydrogens (primary N) is 3. The summed E-state index contributed by atoms with van der Waals surface area (Å²) >= 11 is 11.1. The van der Waals surface area contributed by atoms with E-state index in [9.17, 15) is 9.59 Å². The number of amides is 2. The molecule has 0 aliphatic carbocycles. The van der Waals surface area contributed by atoms with E-state index >= 15 is 0 Å². The van der Waals surface area contributed by atoms with E-state index in [1.807, 2.05) is 11.4 Å². The summed E-state index contributed by atoms with van der Waals surface area (Å²) in [5.74, 6) is 0.152. The van der Waals surface area contributed by atoms with E-state index in [1.54, 1.807) is 0 Å². The highest BCUT2D eigenvalue weighted by Crippen LogP contribution is 2.21. The topological polar surface area (TPSA) is 112 Å². The molecular formula is C15H28ClN3O2S2. The number of halogens is 1. The molecule has 6 N–H and O–H groups in total. The minimum absolute atomic E-state index is 0.196. The van der Waals surface area contributed by atoms with Crippen molar-refractivity contribution in [3.63, 3.8) is 0 Å². The molecule has 5 nitrogen and oxygen atoms in total. The van der Waals surface area contributed by atoms with Crippen LogP contribution in [0.15, 0.2) is 15.7 Å². The van der Waals surface area contributed by atoms with Crippen molar-refractivity contribution in [2.24, 2.45) is 23.1 Å². The summed E-state index contributed by atoms with van der Waals surface area (Å²) in [4.78, 5) is 20.2. The molecular weight excluding hydrogens is 354 g/mol. The molecule has 1 aromatic heterocycles. The molecule has 134 valence electrons. The molecule has 23 heavy (non-hydrogen) atoms. The van der Waals surface area contributed by atoms with Gasteiger partial charge in [0.25, 0.3) is 0 Å². The Morgan fingerprint density at radius 3 is 2.00 bits per heavy atom. The smallest absolute Gasteiger partial charge is 0.217 e. The largest absolute Gasteiger partial charge is 0.370 e. The van der Waals surface area contributed by atoms with Gasteiger partial charge in [-0.25, -0.2) is 0 Å². The van der Waals surface area contributed by atoms with Crippen LogP contribution in [0.5, 0.6) is 0 Å². The summed E-state index contributed by atoms with van der Waals surface area (Å²) in [5, 5.41) is 2.62. The molecule has 0 fully saturated rings. The zero-order chi connectivity index (χ0) is 18.3. The summed E-state index contributed by atoms with van der Waals surface area (Å²) in [6, 6.07) is 1.81. The van der Waals surface area contributed by atoms with E-state index in [2.05, 4.69) is 26.5 Å². The molecule has 0 atom stereocenters. The fraction of sp³-hybridized carbons (Fsp3) is 0.600. The van der Waals surface area contributed by atoms with E-state index < -0.39 is 0 Å². The van der Waals surface area contributed by atoms with Crippen LogP contribution < -0.4 is 17.2 Å². The van der Waals surface area contributed by atoms with Crippen LogP contribution in [0.1, 0.15) is 46.0 Å². The molecule has 0 saturated carbocycles. The molecule has 1 heterocycles. The Morgan fingerprint density at radius 2 is 1.78 bits per heavy atom. The van der Waals surface area contributed by atoms with Crippen LogP contribution in [0.3, 0.4) is 0 Å². The average Bonchev–Trinajstić information content (AvgIpc) is 2.81. The van der Waals surface area contributed by atoms with Crippen LogP contribution in [-0.4, -0.2) is 18.4 Å². The maximum absolute atomic E-state index is 10.1. The maximum Gasteiger partial charge on any atom is 0.217 e. The van der Waals surface area contributed by atoms with Crippen LogP contribution in [-0.2, 0) is 9.59 Å². The number of thiophene rings is 1. The van der Waals surface area contributed by atoms with E-state index in [0.717, 1.165) is 28.5 Å². The quantitative estimate of drug-likeness (QED) is 0.429. The van der Waals surface area contributed by atoms with Gasteiger partial charge < -0.3 is 17.2 Å². The number of thiol groups is 1. The number of hydrogen-bond acceptors (Lipinski definition) is 5. The Labute approximate surface area is 153 Å². The first-order chi connectivity index (χ1) is 10.7. The van der Waals surface area contributed by atoms with Gasteiger partial charge >= 0.3 is 0 Å². The van der Waals surface area contributed by atoms with E-state index in [-0.39, 0.29) is 11.8 Å². The lowest BCUT2D eigenvalue weighted by Crippen LogP contribution is -2.10. The first kappa shape index (κ1) is 24.5. The van der Waals surface area contributed by atoms with Crippen LogP contribution in [0.2, 0.25) is 5.02 Å². The molecule has 0 saturated heterocycles. The van der Waals surface area contributed by atoms with Crippen molar-refractivity contribution >= 4 is 47.4 Å². The lowest BCUT2D eigenvalue weighted by Gasteiger charge is -1.98. The molecule has 0 unspecified atom stereocenters. The fourth-order valence-electron chi connectivity index (χ4n) is 1.18. The maximum atomic E-state index is 10.1. The van der Waals surface area contributed by atoms with Crippen molar-refractivity contribution in [2.75, 3.05) is 6.54 Å². The van der Waals surface area contributed by atoms with E-state index in [0.29, 0.717) is 25.3 Å². The minimum atomic E-state index is -0.238. The summed E-state index contributed by atoms with van der Waals surface area (Å²) in [7, 11) is 0. The molecule has 8 heteroatoms. The Hall–Kier alpha value is -0.760. The predicted molar refractivity (Wildman–Crippen MR) is 102 cm³/mol. The number of rotatable bonds is 7. The zero-order valence-electron chi connectivity index (χ0n) is 13.8. The van der Waals surface area contributed by atoms with Gasteiger partial charge in [-0.2, -0.15) is 0 Å². The molecule has 0 aliphatic rings. The van der Waals surface area contributed by atoms with Crippen molar-refractivity contribution in [1.82, 2.24) is 0 Å². The Kier molecular flexibility index (Phi) is 17.2. The Bertz CT molecular complexity index is 424. The van der Waals surface area contributed by atoms with Crippen molar-refractivity contribution in [3.8, 4) is 0 Å². The van der Waals surface area contributed by atoms with Gasteiger partial charge in [-0.1, -0.05) is 25.4 Å². The third-order valence-corrected chi connectivity index (χ3v) is 3.92. The van der Waals surface area contributed by atoms with Gasteiger partial charge in [0, 0.05) is 18.2 Å². The molecule has 0 spiro atoms. The summed E-state index contributed by atoms with van der Waals surface area (Å²) in [6.07, 6.45) is 3.62. The van der Waals surface area contributed by atoms with E-state index in [1.165, 1.54) is 11.3 Å². The summed E-state index contributed by atoms with van der Waals surface area (Å²) in [5.41, 5.74) is 14.9. The zero-order valence-corrected chi connectivity index (χ0v) is 16.2. The highest BCUT2D eigenvalue weighted by atomic mass is 35.5. The normalized spacial score (nSPS) is 9.48. The van der Waals surface area contributed by atoms with Crippen molar-refractivity contribution < 1.29 is 9.59 Å². The number of unbranched alkanes of at least 4 members (excludes halogenated alkanes) is 1. The number of primary amides is 2. The predicted octanol–water partition coefficient (Wildman–Crippen LogP) is 3.20. The second-order valence-electron chi connectivity index (χ2n) is 5.21. The first-order valence-electron chi connectivity index (χ1n) is 7.38. The van der Waals surface area contributed by atoms with Crippen molar-refractivity contribution in [2.45, 2.75) is 50.2 Å². The molecule has 0 aliphatic heterocycles. The number of carbonyl (C=O) groups is 2. The Balaban J connectivity index is 0. The summed E-state index contributed by atoms with van der Waals surface area (Å²) in [6.45, 7) is 4.79. The monoisotopic (exact) mass is 381 g/mol. The number of hydrogen-bond donors (Lipinski definition) is 4. The molecule has 0 aromatic carbocycles. The molecule has 0 radical (unpaired) electrons. The van der Waals surface area contributed by atoms with Gasteiger partial charge in [0.15, 0.2) is 0 Å². The average molecular weight is 382 g/mol. The van der Waals surface area contributed by atoms with Crippen molar-refractivity contribution in [3.05, 3.63) is 16.5 Å². The third-order valence-electron chi connectivity index (χ3n) is 2.40. The third kappa shape index (κ3) is 23.6. The lowest BCUT2D eigenvalue weighted by atomic mass is 10.1. The highest BCUT2D eigenvalue weighted by Gasteiger charge is 1.96. The van der Waals surface area contributed by atoms with Crippen molar-refractivity contribution in [1.29, 1.82) is 0 Å². The van der Waals surface area contributed by atoms with Gasteiger partial charge in [-0.3, -0.25) is 9.59 Å². The lowest BCUT2D eigenvalue weighted by molar-refractivity contribution is -0.119. The first-order valence-corrected chi connectivity index (χ1v) is 9.09. The Morgan fingerprint density at radius 1 is 1.22 bits per heavy atom. The number of carbonyl (C=O) groups excluding carboxylic acids is 2. The fourth-order valence-corrected chi connectivity index (χ4v) is 2.35. The molecule has 1 aromatic rings. The van der Waals surface area contributed by atoms with Crippen LogP contribution in [0, 0.1) is 5.92 Å². The van der Waals surface area contributed by atoms with Crippen LogP contribution >= 0.6 is 35.6 Å². The second kappa shape index (κ2) is 16.1. The van der Waals surface area contributed by atoms with Gasteiger partial charge in [0.2, 0.25) is 11.8 Å². The van der Waals surface area contributed by atoms with Gasteiger partial charge in [-0.15, -0.1) is 24.0 Å². The summed E-state index contributed by atoms with van der Waals surface area (Å²) < 4.78 is 0.963. The second-order valence-corrected chi connectivity index (χ2v) is 7.35. The van der Waals surface area contributed by atoms with E-state index in [4.69, 9.17) is 28.8 Å².